The number of rotatable bonds is 1. The van der Waals surface area contributed by atoms with Crippen molar-refractivity contribution in [2.24, 2.45) is 46.3 Å². The molecule has 0 bridgehead atoms. The van der Waals surface area contributed by atoms with Crippen LogP contribution in [0, 0.1) is 46.3 Å². The molecule has 2 aliphatic heterocycles. The van der Waals surface area contributed by atoms with Gasteiger partial charge < -0.3 is 29.9 Å². The largest absolute Gasteiger partial charge is 0.377 e. The third-order valence-electron chi connectivity index (χ3n) is 12.0. The number of fused-ring (bicyclic) bond motifs is 7. The first-order valence-electron chi connectivity index (χ1n) is 13.7. The summed E-state index contributed by atoms with van der Waals surface area (Å²) in [7, 11) is 0. The summed E-state index contributed by atoms with van der Waals surface area (Å²) in [6, 6.07) is 0. The van der Waals surface area contributed by atoms with E-state index in [0.717, 1.165) is 31.6 Å². The predicted octanol–water partition coefficient (Wildman–Crippen LogP) is 3.55. The lowest BCUT2D eigenvalue weighted by molar-refractivity contribution is -0.457. The molecule has 4 N–H and O–H groups in total. The molecule has 33 heavy (non-hydrogen) atoms. The Bertz CT molecular complexity index is 786. The topological polar surface area (TPSA) is 99.4 Å². The average Bonchev–Trinajstić information content (AvgIpc) is 3.19. The van der Waals surface area contributed by atoms with Crippen LogP contribution < -0.4 is 0 Å². The van der Waals surface area contributed by atoms with E-state index in [1.807, 2.05) is 0 Å². The third-order valence-corrected chi connectivity index (χ3v) is 12.0. The van der Waals surface area contributed by atoms with E-state index in [-0.39, 0.29) is 11.5 Å². The van der Waals surface area contributed by atoms with Crippen LogP contribution in [-0.2, 0) is 9.47 Å². The van der Waals surface area contributed by atoms with Gasteiger partial charge in [-0.15, -0.1) is 0 Å². The minimum absolute atomic E-state index is 0.305. The van der Waals surface area contributed by atoms with Crippen LogP contribution in [0.25, 0.3) is 0 Å². The van der Waals surface area contributed by atoms with E-state index in [1.54, 1.807) is 0 Å². The van der Waals surface area contributed by atoms with Crippen LogP contribution >= 0.6 is 0 Å². The van der Waals surface area contributed by atoms with Crippen molar-refractivity contribution in [2.45, 2.75) is 115 Å². The molecule has 2 saturated heterocycles. The van der Waals surface area contributed by atoms with Crippen LogP contribution in [-0.4, -0.2) is 50.5 Å². The van der Waals surface area contributed by atoms with Gasteiger partial charge in [0.2, 0.25) is 11.4 Å². The Morgan fingerprint density at radius 2 is 1.64 bits per heavy atom. The Hall–Kier alpha value is -0.240. The first-order chi connectivity index (χ1) is 15.5. The number of aliphatic hydroxyl groups is 4. The summed E-state index contributed by atoms with van der Waals surface area (Å²) in [5.41, 5.74) is -2.18. The van der Waals surface area contributed by atoms with Crippen molar-refractivity contribution in [1.29, 1.82) is 0 Å². The highest BCUT2D eigenvalue weighted by Gasteiger charge is 2.81. The van der Waals surface area contributed by atoms with E-state index in [2.05, 4.69) is 20.8 Å². The Morgan fingerprint density at radius 3 is 2.33 bits per heavy atom. The fourth-order valence-electron chi connectivity index (χ4n) is 10.4. The second-order valence-electron chi connectivity index (χ2n) is 13.4. The maximum absolute atomic E-state index is 12.1. The first-order valence-corrected chi connectivity index (χ1v) is 13.7. The van der Waals surface area contributed by atoms with Gasteiger partial charge >= 0.3 is 5.97 Å². The van der Waals surface area contributed by atoms with Crippen LogP contribution in [0.3, 0.4) is 0 Å². The second kappa shape index (κ2) is 7.17. The van der Waals surface area contributed by atoms with Crippen molar-refractivity contribution < 1.29 is 29.9 Å². The summed E-state index contributed by atoms with van der Waals surface area (Å²) in [6.07, 6.45) is 11.6. The van der Waals surface area contributed by atoms with Gasteiger partial charge in [0.25, 0.3) is 0 Å². The summed E-state index contributed by atoms with van der Waals surface area (Å²) >= 11 is 0. The zero-order valence-electron chi connectivity index (χ0n) is 20.6. The molecule has 2 heterocycles. The number of ether oxygens (including phenoxy) is 2. The van der Waals surface area contributed by atoms with Gasteiger partial charge in [-0.1, -0.05) is 33.6 Å². The third kappa shape index (κ3) is 2.83. The molecule has 6 nitrogen and oxygen atoms in total. The molecule has 2 unspecified atom stereocenters. The fourth-order valence-corrected chi connectivity index (χ4v) is 10.4. The average molecular weight is 465 g/mol. The monoisotopic (exact) mass is 464 g/mol. The van der Waals surface area contributed by atoms with E-state index in [9.17, 15) is 20.4 Å². The van der Waals surface area contributed by atoms with Gasteiger partial charge in [0.05, 0.1) is 12.7 Å². The van der Waals surface area contributed by atoms with Crippen LogP contribution in [0.5, 0.6) is 0 Å². The highest BCUT2D eigenvalue weighted by molar-refractivity contribution is 5.23. The number of hydrogen-bond donors (Lipinski definition) is 4. The van der Waals surface area contributed by atoms with Crippen molar-refractivity contribution in [2.75, 3.05) is 6.61 Å². The van der Waals surface area contributed by atoms with Gasteiger partial charge in [0.15, 0.2) is 0 Å². The summed E-state index contributed by atoms with van der Waals surface area (Å²) in [5.74, 6) is -2.63. The standard InChI is InChI=1S/C27H44O6/c1-16-9-13-25(32-15-16)26(28,27(29,30)31)22-21(33-25)14-20-18-8-7-17-6-4-5-11-23(17,2)19(18)10-12-24(20,22)3/h16-22,28-31H,4-15H2,1-3H3/t16?,17?,18-,19+,20+,21+,22+,23+,24+,25-,26-/m1/s1. The molecular formula is C27H44O6. The summed E-state index contributed by atoms with van der Waals surface area (Å²) < 4.78 is 12.6. The van der Waals surface area contributed by atoms with Crippen molar-refractivity contribution in [3.8, 4) is 0 Å². The van der Waals surface area contributed by atoms with Gasteiger partial charge in [-0.2, -0.15) is 0 Å². The van der Waals surface area contributed by atoms with Gasteiger partial charge in [0.1, 0.15) is 0 Å². The maximum Gasteiger partial charge on any atom is 0.312 e. The zero-order valence-corrected chi connectivity index (χ0v) is 20.6. The lowest BCUT2D eigenvalue weighted by Crippen LogP contribution is -2.72. The minimum Gasteiger partial charge on any atom is -0.377 e. The first kappa shape index (κ1) is 23.2. The Morgan fingerprint density at radius 1 is 0.848 bits per heavy atom. The van der Waals surface area contributed by atoms with E-state index in [0.29, 0.717) is 42.1 Å². The van der Waals surface area contributed by atoms with Gasteiger partial charge in [-0.25, -0.2) is 0 Å². The summed E-state index contributed by atoms with van der Waals surface area (Å²) in [4.78, 5) is 0. The highest BCUT2D eigenvalue weighted by Crippen LogP contribution is 2.73. The molecule has 0 amide bonds. The van der Waals surface area contributed by atoms with E-state index in [1.165, 1.54) is 38.5 Å². The van der Waals surface area contributed by atoms with E-state index < -0.39 is 23.3 Å². The molecule has 6 rings (SSSR count). The van der Waals surface area contributed by atoms with Crippen molar-refractivity contribution in [1.82, 2.24) is 0 Å². The molecule has 4 saturated carbocycles. The number of hydrogen-bond acceptors (Lipinski definition) is 6. The molecule has 0 aromatic carbocycles. The zero-order chi connectivity index (χ0) is 23.4. The van der Waals surface area contributed by atoms with Crippen LogP contribution in [0.4, 0.5) is 0 Å². The van der Waals surface area contributed by atoms with Crippen LogP contribution in [0.2, 0.25) is 0 Å². The van der Waals surface area contributed by atoms with Crippen molar-refractivity contribution >= 4 is 0 Å². The molecule has 188 valence electrons. The molecule has 6 fully saturated rings. The lowest BCUT2D eigenvalue weighted by atomic mass is 9.44. The molecule has 0 aromatic heterocycles. The molecule has 6 aliphatic rings. The molecule has 0 aromatic rings. The van der Waals surface area contributed by atoms with Crippen LogP contribution in [0.15, 0.2) is 0 Å². The SMILES string of the molecule is CC1CC[C@@]2(OC1)O[C@H]1C[C@H]3[C@@H]4CCC5CCCC[C@]5(C)[C@H]4CC[C@]3(C)[C@H]1[C@]2(O)C(O)(O)O. The summed E-state index contributed by atoms with van der Waals surface area (Å²) in [5, 5.41) is 44.0. The quantitative estimate of drug-likeness (QED) is 0.443. The maximum atomic E-state index is 12.1. The molecule has 4 aliphatic carbocycles. The summed E-state index contributed by atoms with van der Waals surface area (Å²) in [6.45, 7) is 7.22. The molecule has 11 atom stereocenters. The molecule has 6 heteroatoms. The van der Waals surface area contributed by atoms with E-state index in [4.69, 9.17) is 9.47 Å². The fraction of sp³-hybridized carbons (Fsp3) is 1.00. The van der Waals surface area contributed by atoms with Gasteiger partial charge in [0, 0.05) is 12.3 Å². The second-order valence-corrected chi connectivity index (χ2v) is 13.4. The predicted molar refractivity (Wildman–Crippen MR) is 122 cm³/mol. The molecule has 1 spiro atoms. The normalized spacial score (nSPS) is 58.5. The Labute approximate surface area is 198 Å². The molecular weight excluding hydrogens is 420 g/mol. The van der Waals surface area contributed by atoms with Crippen molar-refractivity contribution in [3.63, 3.8) is 0 Å². The highest BCUT2D eigenvalue weighted by atomic mass is 16.8. The minimum atomic E-state index is -3.28. The van der Waals surface area contributed by atoms with E-state index >= 15 is 0 Å². The van der Waals surface area contributed by atoms with Crippen LogP contribution in [0.1, 0.15) is 91.4 Å². The van der Waals surface area contributed by atoms with Crippen molar-refractivity contribution in [3.05, 3.63) is 0 Å². The Kier molecular flexibility index (Phi) is 5.03. The smallest absolute Gasteiger partial charge is 0.312 e. The Balaban J connectivity index is 1.36. The molecule has 0 radical (unpaired) electrons. The lowest BCUT2D eigenvalue weighted by Gasteiger charge is -2.61. The van der Waals surface area contributed by atoms with Gasteiger partial charge in [-0.05, 0) is 91.8 Å². The van der Waals surface area contributed by atoms with Gasteiger partial charge in [-0.3, -0.25) is 0 Å².